The van der Waals surface area contributed by atoms with Crippen molar-refractivity contribution in [2.45, 2.75) is 6.92 Å². The van der Waals surface area contributed by atoms with E-state index in [2.05, 4.69) is 30.4 Å². The summed E-state index contributed by atoms with van der Waals surface area (Å²) in [4.78, 5) is 25.5. The van der Waals surface area contributed by atoms with Crippen LogP contribution < -0.4 is 10.2 Å². The quantitative estimate of drug-likeness (QED) is 0.529. The third kappa shape index (κ3) is 4.17. The van der Waals surface area contributed by atoms with E-state index in [-0.39, 0.29) is 5.91 Å². The second kappa shape index (κ2) is 8.27. The van der Waals surface area contributed by atoms with Crippen molar-refractivity contribution in [2.75, 3.05) is 36.4 Å². The van der Waals surface area contributed by atoms with E-state index in [0.29, 0.717) is 24.5 Å². The van der Waals surface area contributed by atoms with Crippen LogP contribution in [0, 0.1) is 6.92 Å². The molecule has 1 amide bonds. The molecule has 4 heterocycles. The number of pyridine rings is 1. The molecule has 0 unspecified atom stereocenters. The van der Waals surface area contributed by atoms with Crippen molar-refractivity contribution in [3.63, 3.8) is 0 Å². The van der Waals surface area contributed by atoms with Gasteiger partial charge in [-0.25, -0.2) is 9.97 Å². The number of anilines is 3. The van der Waals surface area contributed by atoms with Crippen LogP contribution in [0.15, 0.2) is 54.2 Å². The highest BCUT2D eigenvalue weighted by Crippen LogP contribution is 2.21. The first kappa shape index (κ1) is 19.4. The first-order chi connectivity index (χ1) is 15.2. The Hall–Kier alpha value is -3.59. The Bertz CT molecular complexity index is 1200. The van der Waals surface area contributed by atoms with Crippen LogP contribution in [0.25, 0.3) is 10.2 Å². The molecule has 0 saturated carbocycles. The van der Waals surface area contributed by atoms with E-state index in [1.807, 2.05) is 54.3 Å². The van der Waals surface area contributed by atoms with Crippen LogP contribution in [0.2, 0.25) is 0 Å². The third-order valence-electron chi connectivity index (χ3n) is 5.29. The van der Waals surface area contributed by atoms with Gasteiger partial charge in [0.15, 0.2) is 11.6 Å². The molecule has 0 radical (unpaired) electrons. The number of rotatable bonds is 4. The summed E-state index contributed by atoms with van der Waals surface area (Å²) in [6, 6.07) is 13.4. The van der Waals surface area contributed by atoms with Gasteiger partial charge in [-0.2, -0.15) is 0 Å². The molecule has 0 atom stereocenters. The lowest BCUT2D eigenvalue weighted by molar-refractivity contribution is 0.0746. The molecule has 1 N–H and O–H groups in total. The lowest BCUT2D eigenvalue weighted by Gasteiger charge is -2.35. The summed E-state index contributed by atoms with van der Waals surface area (Å²) < 4.78 is 1.04. The van der Waals surface area contributed by atoms with E-state index in [4.69, 9.17) is 0 Å². The van der Waals surface area contributed by atoms with Crippen LogP contribution in [-0.2, 0) is 0 Å². The number of piperazine rings is 1. The average Bonchev–Trinajstić information content (AvgIpc) is 3.29. The number of aromatic nitrogens is 4. The zero-order valence-corrected chi connectivity index (χ0v) is 17.8. The predicted octanol–water partition coefficient (Wildman–Crippen LogP) is 3.50. The van der Waals surface area contributed by atoms with Gasteiger partial charge in [-0.1, -0.05) is 6.07 Å². The summed E-state index contributed by atoms with van der Waals surface area (Å²) >= 11 is 1.55. The monoisotopic (exact) mass is 431 g/mol. The van der Waals surface area contributed by atoms with Crippen LogP contribution in [0.1, 0.15) is 15.9 Å². The maximum Gasteiger partial charge on any atom is 0.254 e. The topological polar surface area (TPSA) is 87.1 Å². The number of nitrogens with one attached hydrogen (secondary N) is 1. The molecule has 0 aliphatic carbocycles. The van der Waals surface area contributed by atoms with Crippen molar-refractivity contribution >= 4 is 44.9 Å². The molecule has 9 heteroatoms. The number of thiazole rings is 1. The van der Waals surface area contributed by atoms with Crippen molar-refractivity contribution in [3.8, 4) is 0 Å². The molecule has 156 valence electrons. The zero-order valence-electron chi connectivity index (χ0n) is 17.0. The van der Waals surface area contributed by atoms with E-state index in [1.165, 1.54) is 0 Å². The van der Waals surface area contributed by atoms with Gasteiger partial charge in [0.05, 0.1) is 15.7 Å². The zero-order chi connectivity index (χ0) is 21.2. The Kier molecular flexibility index (Phi) is 5.17. The standard InChI is InChI=1S/C22H21N7OS/c1-15-2-5-19(23-13-15)25-20-6-7-21(27-26-20)28-8-10-29(11-9-28)22(30)16-3-4-17-18(12-16)31-14-24-17/h2-7,12-14H,8-11H2,1H3,(H,23,25,26). The molecule has 3 aromatic heterocycles. The maximum atomic E-state index is 12.9. The molecule has 0 spiro atoms. The second-order valence-electron chi connectivity index (χ2n) is 7.44. The van der Waals surface area contributed by atoms with Crippen LogP contribution >= 0.6 is 11.3 Å². The highest BCUT2D eigenvalue weighted by atomic mass is 32.1. The highest BCUT2D eigenvalue weighted by Gasteiger charge is 2.23. The van der Waals surface area contributed by atoms with Crippen LogP contribution in [0.5, 0.6) is 0 Å². The lowest BCUT2D eigenvalue weighted by atomic mass is 10.1. The van der Waals surface area contributed by atoms with Gasteiger partial charge in [0.2, 0.25) is 0 Å². The molecule has 1 aliphatic heterocycles. The number of carbonyl (C=O) groups is 1. The third-order valence-corrected chi connectivity index (χ3v) is 6.08. The van der Waals surface area contributed by atoms with Crippen LogP contribution in [0.3, 0.4) is 0 Å². The molecule has 1 aromatic carbocycles. The van der Waals surface area contributed by atoms with Gasteiger partial charge in [0.1, 0.15) is 5.82 Å². The Morgan fingerprint density at radius 3 is 2.55 bits per heavy atom. The molecule has 4 aromatic rings. The van der Waals surface area contributed by atoms with E-state index in [0.717, 1.165) is 40.5 Å². The summed E-state index contributed by atoms with van der Waals surface area (Å²) in [6.45, 7) is 4.73. The first-order valence-corrected chi connectivity index (χ1v) is 10.9. The van der Waals surface area contributed by atoms with Crippen molar-refractivity contribution in [2.24, 2.45) is 0 Å². The van der Waals surface area contributed by atoms with Gasteiger partial charge in [-0.3, -0.25) is 4.79 Å². The van der Waals surface area contributed by atoms with Crippen molar-refractivity contribution in [1.29, 1.82) is 0 Å². The van der Waals surface area contributed by atoms with Crippen molar-refractivity contribution < 1.29 is 4.79 Å². The summed E-state index contributed by atoms with van der Waals surface area (Å²) in [5, 5.41) is 11.8. The molecule has 5 rings (SSSR count). The largest absolute Gasteiger partial charge is 0.352 e. The van der Waals surface area contributed by atoms with Crippen molar-refractivity contribution in [1.82, 2.24) is 25.1 Å². The summed E-state index contributed by atoms with van der Waals surface area (Å²) in [5.74, 6) is 2.25. The minimum absolute atomic E-state index is 0.0613. The number of benzene rings is 1. The molecule has 8 nitrogen and oxygen atoms in total. The van der Waals surface area contributed by atoms with E-state index < -0.39 is 0 Å². The Labute approximate surface area is 183 Å². The van der Waals surface area contributed by atoms with Gasteiger partial charge >= 0.3 is 0 Å². The molecule has 31 heavy (non-hydrogen) atoms. The van der Waals surface area contributed by atoms with Gasteiger partial charge < -0.3 is 15.1 Å². The lowest BCUT2D eigenvalue weighted by Crippen LogP contribution is -2.49. The second-order valence-corrected chi connectivity index (χ2v) is 8.32. The van der Waals surface area contributed by atoms with Gasteiger partial charge in [-0.15, -0.1) is 21.5 Å². The van der Waals surface area contributed by atoms with Gasteiger partial charge in [0.25, 0.3) is 5.91 Å². The number of amides is 1. The minimum Gasteiger partial charge on any atom is -0.352 e. The normalized spacial score (nSPS) is 14.1. The molecule has 1 saturated heterocycles. The fraction of sp³-hybridized carbons (Fsp3) is 0.227. The molecular weight excluding hydrogens is 410 g/mol. The number of nitrogens with zero attached hydrogens (tertiary/aromatic N) is 6. The first-order valence-electron chi connectivity index (χ1n) is 10.1. The van der Waals surface area contributed by atoms with E-state index in [1.54, 1.807) is 23.0 Å². The Balaban J connectivity index is 1.20. The number of hydrogen-bond donors (Lipinski definition) is 1. The average molecular weight is 432 g/mol. The fourth-order valence-corrected chi connectivity index (χ4v) is 4.26. The van der Waals surface area contributed by atoms with E-state index >= 15 is 0 Å². The Morgan fingerprint density at radius 2 is 1.81 bits per heavy atom. The molecule has 1 aliphatic rings. The van der Waals surface area contributed by atoms with Crippen LogP contribution in [0.4, 0.5) is 17.5 Å². The SMILES string of the molecule is Cc1ccc(Nc2ccc(N3CCN(C(=O)c4ccc5ncsc5c4)CC3)nn2)nc1. The van der Waals surface area contributed by atoms with Gasteiger partial charge in [0, 0.05) is 37.9 Å². The Morgan fingerprint density at radius 1 is 0.968 bits per heavy atom. The maximum absolute atomic E-state index is 12.9. The number of aryl methyl sites for hydroxylation is 1. The fourth-order valence-electron chi connectivity index (χ4n) is 3.54. The smallest absolute Gasteiger partial charge is 0.254 e. The summed E-state index contributed by atoms with van der Waals surface area (Å²) in [5.41, 5.74) is 4.55. The molecular formula is C22H21N7OS. The molecule has 1 fully saturated rings. The van der Waals surface area contributed by atoms with E-state index in [9.17, 15) is 4.79 Å². The number of carbonyl (C=O) groups excluding carboxylic acids is 1. The minimum atomic E-state index is 0.0613. The summed E-state index contributed by atoms with van der Waals surface area (Å²) in [6.07, 6.45) is 1.81. The number of hydrogen-bond acceptors (Lipinski definition) is 8. The number of fused-ring (bicyclic) bond motifs is 1. The predicted molar refractivity (Wildman–Crippen MR) is 122 cm³/mol. The molecule has 0 bridgehead atoms. The highest BCUT2D eigenvalue weighted by molar-refractivity contribution is 7.16. The summed E-state index contributed by atoms with van der Waals surface area (Å²) in [7, 11) is 0. The van der Waals surface area contributed by atoms with Crippen LogP contribution in [-0.4, -0.2) is 57.2 Å². The van der Waals surface area contributed by atoms with Gasteiger partial charge in [-0.05, 0) is 48.9 Å². The van der Waals surface area contributed by atoms with Crippen molar-refractivity contribution in [3.05, 3.63) is 65.3 Å².